The lowest BCUT2D eigenvalue weighted by Gasteiger charge is -2.13. The molecule has 0 aliphatic rings. The van der Waals surface area contributed by atoms with Gasteiger partial charge in [0.1, 0.15) is 13.2 Å². The van der Waals surface area contributed by atoms with Crippen molar-refractivity contribution in [3.63, 3.8) is 0 Å². The first-order valence-electron chi connectivity index (χ1n) is 7.20. The van der Waals surface area contributed by atoms with E-state index < -0.39 is 5.97 Å². The van der Waals surface area contributed by atoms with Crippen LogP contribution in [0.15, 0.2) is 36.9 Å². The molecule has 0 bridgehead atoms. The van der Waals surface area contributed by atoms with Gasteiger partial charge in [-0.05, 0) is 25.1 Å². The van der Waals surface area contributed by atoms with Crippen LogP contribution in [0.25, 0.3) is 0 Å². The molecule has 0 spiro atoms. The van der Waals surface area contributed by atoms with E-state index in [-0.39, 0.29) is 13.2 Å². The maximum absolute atomic E-state index is 11.8. The number of carbonyl (C=O) groups is 2. The summed E-state index contributed by atoms with van der Waals surface area (Å²) in [5, 5.41) is 0. The van der Waals surface area contributed by atoms with E-state index in [4.69, 9.17) is 14.2 Å². The Morgan fingerprint density at radius 1 is 1.30 bits per heavy atom. The lowest BCUT2D eigenvalue weighted by atomic mass is 10.2. The molecule has 7 heteroatoms. The second kappa shape index (κ2) is 8.57. The molecular formula is C16H18N2O5. The number of benzene rings is 1. The van der Waals surface area contributed by atoms with Crippen molar-refractivity contribution >= 4 is 12.3 Å². The molecule has 23 heavy (non-hydrogen) atoms. The molecular weight excluding hydrogens is 300 g/mol. The highest BCUT2D eigenvalue weighted by Gasteiger charge is 2.12. The van der Waals surface area contributed by atoms with Gasteiger partial charge in [0, 0.05) is 12.4 Å². The number of esters is 1. The summed E-state index contributed by atoms with van der Waals surface area (Å²) in [6, 6.07) is 4.73. The van der Waals surface area contributed by atoms with E-state index in [1.54, 1.807) is 31.6 Å². The minimum absolute atomic E-state index is 0.121. The fraction of sp³-hybridized carbons (Fsp3) is 0.312. The zero-order valence-corrected chi connectivity index (χ0v) is 12.8. The van der Waals surface area contributed by atoms with Gasteiger partial charge in [0.2, 0.25) is 0 Å². The maximum atomic E-state index is 11.8. The quantitative estimate of drug-likeness (QED) is 0.517. The molecule has 0 atom stereocenters. The van der Waals surface area contributed by atoms with Gasteiger partial charge in [-0.15, -0.1) is 0 Å². The van der Waals surface area contributed by atoms with Gasteiger partial charge < -0.3 is 18.8 Å². The van der Waals surface area contributed by atoms with Crippen molar-refractivity contribution in [2.24, 2.45) is 0 Å². The van der Waals surface area contributed by atoms with E-state index in [0.29, 0.717) is 36.5 Å². The third kappa shape index (κ3) is 4.84. The lowest BCUT2D eigenvalue weighted by Crippen LogP contribution is -2.10. The Morgan fingerprint density at radius 3 is 2.87 bits per heavy atom. The summed E-state index contributed by atoms with van der Waals surface area (Å²) in [5.74, 6) is 0.335. The molecule has 7 nitrogen and oxygen atoms in total. The van der Waals surface area contributed by atoms with Gasteiger partial charge in [-0.25, -0.2) is 9.78 Å². The predicted molar refractivity (Wildman–Crippen MR) is 81.7 cm³/mol. The first-order chi connectivity index (χ1) is 11.2. The Bertz CT molecular complexity index is 640. The number of hydrogen-bond acceptors (Lipinski definition) is 6. The van der Waals surface area contributed by atoms with Crippen molar-refractivity contribution in [1.29, 1.82) is 0 Å². The number of nitrogens with zero attached hydrogens (tertiary/aromatic N) is 2. The average molecular weight is 318 g/mol. The molecule has 1 aromatic heterocycles. The second-order valence-corrected chi connectivity index (χ2v) is 4.51. The number of carbonyl (C=O) groups excluding carboxylic acids is 2. The number of ether oxygens (including phenoxy) is 3. The van der Waals surface area contributed by atoms with Crippen LogP contribution in [0.5, 0.6) is 11.5 Å². The summed E-state index contributed by atoms with van der Waals surface area (Å²) in [6.07, 6.45) is 5.84. The first kappa shape index (κ1) is 16.5. The Hall–Kier alpha value is -2.83. The summed E-state index contributed by atoms with van der Waals surface area (Å²) in [7, 11) is 0. The molecule has 2 aromatic rings. The van der Waals surface area contributed by atoms with Gasteiger partial charge in [0.15, 0.2) is 17.8 Å². The van der Waals surface area contributed by atoms with Crippen LogP contribution >= 0.6 is 0 Å². The fourth-order valence-corrected chi connectivity index (χ4v) is 1.89. The molecule has 2 rings (SSSR count). The topological polar surface area (TPSA) is 79.7 Å². The summed E-state index contributed by atoms with van der Waals surface area (Å²) >= 11 is 0. The van der Waals surface area contributed by atoms with E-state index in [1.165, 1.54) is 6.07 Å². The number of aromatic nitrogens is 2. The zero-order valence-electron chi connectivity index (χ0n) is 12.8. The lowest BCUT2D eigenvalue weighted by molar-refractivity contribution is -0.109. The third-order valence-corrected chi connectivity index (χ3v) is 2.93. The number of aldehydes is 1. The highest BCUT2D eigenvalue weighted by atomic mass is 16.5. The van der Waals surface area contributed by atoms with Gasteiger partial charge in [-0.3, -0.25) is 4.79 Å². The Morgan fingerprint density at radius 2 is 2.17 bits per heavy atom. The minimum Gasteiger partial charge on any atom is -0.488 e. The van der Waals surface area contributed by atoms with Gasteiger partial charge >= 0.3 is 5.97 Å². The van der Waals surface area contributed by atoms with Crippen molar-refractivity contribution in [1.82, 2.24) is 9.55 Å². The largest absolute Gasteiger partial charge is 0.488 e. The molecule has 0 aliphatic heterocycles. The summed E-state index contributed by atoms with van der Waals surface area (Å²) in [4.78, 5) is 26.2. The molecule has 0 amide bonds. The van der Waals surface area contributed by atoms with Crippen LogP contribution in [-0.4, -0.2) is 41.6 Å². The van der Waals surface area contributed by atoms with Crippen LogP contribution in [-0.2, 0) is 16.1 Å². The predicted octanol–water partition coefficient (Wildman–Crippen LogP) is 1.72. The van der Waals surface area contributed by atoms with E-state index in [9.17, 15) is 9.59 Å². The van der Waals surface area contributed by atoms with E-state index in [1.807, 2.05) is 10.8 Å². The maximum Gasteiger partial charge on any atom is 0.338 e. The first-order valence-corrected chi connectivity index (χ1v) is 7.20. The molecule has 0 unspecified atom stereocenters. The average Bonchev–Trinajstić information content (AvgIpc) is 3.07. The molecule has 0 fully saturated rings. The smallest absolute Gasteiger partial charge is 0.338 e. The summed E-state index contributed by atoms with van der Waals surface area (Å²) in [5.41, 5.74) is 0.342. The molecule has 0 N–H and O–H groups in total. The molecule has 0 saturated carbocycles. The van der Waals surface area contributed by atoms with Crippen molar-refractivity contribution in [3.8, 4) is 11.5 Å². The van der Waals surface area contributed by atoms with Crippen LogP contribution in [0.3, 0.4) is 0 Å². The number of imidazole rings is 1. The normalized spacial score (nSPS) is 10.1. The van der Waals surface area contributed by atoms with Gasteiger partial charge in [0.05, 0.1) is 25.0 Å². The van der Waals surface area contributed by atoms with Crippen LogP contribution < -0.4 is 9.47 Å². The van der Waals surface area contributed by atoms with Gasteiger partial charge in [0.25, 0.3) is 0 Å². The third-order valence-electron chi connectivity index (χ3n) is 2.93. The molecule has 1 heterocycles. The van der Waals surface area contributed by atoms with Gasteiger partial charge in [-0.2, -0.15) is 0 Å². The van der Waals surface area contributed by atoms with E-state index >= 15 is 0 Å². The number of rotatable bonds is 9. The monoisotopic (exact) mass is 318 g/mol. The van der Waals surface area contributed by atoms with Crippen LogP contribution in [0.2, 0.25) is 0 Å². The minimum atomic E-state index is -0.451. The Kier molecular flexibility index (Phi) is 6.17. The molecule has 0 aliphatic carbocycles. The number of hydrogen-bond donors (Lipinski definition) is 0. The molecule has 0 saturated heterocycles. The van der Waals surface area contributed by atoms with Crippen LogP contribution in [0.1, 0.15) is 17.3 Å². The Balaban J connectivity index is 2.06. The van der Waals surface area contributed by atoms with Crippen molar-refractivity contribution in [2.45, 2.75) is 13.5 Å². The second-order valence-electron chi connectivity index (χ2n) is 4.51. The molecule has 0 radical (unpaired) electrons. The SMILES string of the molecule is CCOC(=O)c1ccc(OCCn2ccnc2)c(OCC=O)c1. The fourth-order valence-electron chi connectivity index (χ4n) is 1.89. The molecule has 1 aromatic carbocycles. The zero-order chi connectivity index (χ0) is 16.5. The van der Waals surface area contributed by atoms with E-state index in [0.717, 1.165) is 0 Å². The highest BCUT2D eigenvalue weighted by Crippen LogP contribution is 2.28. The molecule has 122 valence electrons. The van der Waals surface area contributed by atoms with Crippen LogP contribution in [0, 0.1) is 0 Å². The summed E-state index contributed by atoms with van der Waals surface area (Å²) < 4.78 is 17.8. The van der Waals surface area contributed by atoms with Crippen molar-refractivity contribution in [3.05, 3.63) is 42.5 Å². The van der Waals surface area contributed by atoms with Crippen LogP contribution in [0.4, 0.5) is 0 Å². The summed E-state index contributed by atoms with van der Waals surface area (Å²) in [6.45, 7) is 2.91. The Labute approximate surface area is 133 Å². The van der Waals surface area contributed by atoms with E-state index in [2.05, 4.69) is 4.98 Å². The van der Waals surface area contributed by atoms with Gasteiger partial charge in [-0.1, -0.05) is 0 Å². The van der Waals surface area contributed by atoms with Crippen molar-refractivity contribution < 1.29 is 23.8 Å². The standard InChI is InChI=1S/C16H18N2O5/c1-2-21-16(20)13-3-4-14(15(11-13)23-10-8-19)22-9-7-18-6-5-17-12-18/h3-6,8,11-12H,2,7,9-10H2,1H3. The van der Waals surface area contributed by atoms with Crippen molar-refractivity contribution in [2.75, 3.05) is 19.8 Å². The highest BCUT2D eigenvalue weighted by molar-refractivity contribution is 5.90.